The van der Waals surface area contributed by atoms with Gasteiger partial charge in [0, 0.05) is 11.4 Å². The van der Waals surface area contributed by atoms with Crippen molar-refractivity contribution >= 4 is 11.4 Å². The third-order valence-corrected chi connectivity index (χ3v) is 2.84. The molecule has 2 aromatic carbocycles. The lowest BCUT2D eigenvalue weighted by Crippen LogP contribution is -1.94. The molecule has 0 aliphatic carbocycles. The van der Waals surface area contributed by atoms with E-state index in [1.165, 1.54) is 11.1 Å². The quantitative estimate of drug-likeness (QED) is 0.713. The van der Waals surface area contributed by atoms with Crippen LogP contribution in [-0.4, -0.2) is 0 Å². The second-order valence-corrected chi connectivity index (χ2v) is 4.15. The summed E-state index contributed by atoms with van der Waals surface area (Å²) in [4.78, 5) is 0. The fraction of sp³-hybridized carbons (Fsp3) is 0.143. The third kappa shape index (κ3) is 1.87. The van der Waals surface area contributed by atoms with Gasteiger partial charge in [0.15, 0.2) is 0 Å². The summed E-state index contributed by atoms with van der Waals surface area (Å²) in [6.07, 6.45) is 0. The van der Waals surface area contributed by atoms with E-state index in [0.717, 1.165) is 22.5 Å². The van der Waals surface area contributed by atoms with E-state index in [4.69, 9.17) is 11.5 Å². The van der Waals surface area contributed by atoms with Crippen LogP contribution in [0.2, 0.25) is 0 Å². The molecule has 2 heteroatoms. The molecule has 4 N–H and O–H groups in total. The van der Waals surface area contributed by atoms with Crippen molar-refractivity contribution in [3.05, 3.63) is 47.5 Å². The molecule has 0 amide bonds. The Labute approximate surface area is 95.9 Å². The third-order valence-electron chi connectivity index (χ3n) is 2.84. The highest BCUT2D eigenvalue weighted by Crippen LogP contribution is 2.26. The Bertz CT molecular complexity index is 490. The highest BCUT2D eigenvalue weighted by molar-refractivity contribution is 5.71. The van der Waals surface area contributed by atoms with Gasteiger partial charge in [-0.15, -0.1) is 0 Å². The number of hydrogen-bond donors (Lipinski definition) is 2. The lowest BCUT2D eigenvalue weighted by atomic mass is 9.99. The van der Waals surface area contributed by atoms with Crippen molar-refractivity contribution in [1.82, 2.24) is 0 Å². The Balaban J connectivity index is 2.52. The van der Waals surface area contributed by atoms with Crippen LogP contribution in [0, 0.1) is 13.8 Å². The number of rotatable bonds is 1. The SMILES string of the molecule is Cc1cc(-c2ccc(N)cc2)cc(C)c1N. The first-order valence-electron chi connectivity index (χ1n) is 5.30. The lowest BCUT2D eigenvalue weighted by molar-refractivity contribution is 1.39. The maximum Gasteiger partial charge on any atom is 0.0373 e. The number of nitrogens with two attached hydrogens (primary N) is 2. The summed E-state index contributed by atoms with van der Waals surface area (Å²) in [5.74, 6) is 0. The minimum Gasteiger partial charge on any atom is -0.399 e. The van der Waals surface area contributed by atoms with Crippen molar-refractivity contribution in [1.29, 1.82) is 0 Å². The van der Waals surface area contributed by atoms with Gasteiger partial charge in [0.1, 0.15) is 0 Å². The van der Waals surface area contributed by atoms with Crippen LogP contribution >= 0.6 is 0 Å². The summed E-state index contributed by atoms with van der Waals surface area (Å²) in [5, 5.41) is 0. The minimum atomic E-state index is 0.785. The van der Waals surface area contributed by atoms with Crippen molar-refractivity contribution in [3.8, 4) is 11.1 Å². The Morgan fingerprint density at radius 2 is 1.25 bits per heavy atom. The van der Waals surface area contributed by atoms with Crippen molar-refractivity contribution in [2.75, 3.05) is 11.5 Å². The zero-order valence-electron chi connectivity index (χ0n) is 9.62. The smallest absolute Gasteiger partial charge is 0.0373 e. The van der Waals surface area contributed by atoms with E-state index in [0.29, 0.717) is 0 Å². The van der Waals surface area contributed by atoms with Gasteiger partial charge in [-0.2, -0.15) is 0 Å². The van der Waals surface area contributed by atoms with Crippen LogP contribution in [0.15, 0.2) is 36.4 Å². The molecule has 0 saturated heterocycles. The van der Waals surface area contributed by atoms with E-state index >= 15 is 0 Å². The Hall–Kier alpha value is -1.96. The molecule has 0 heterocycles. The predicted octanol–water partition coefficient (Wildman–Crippen LogP) is 3.13. The average molecular weight is 212 g/mol. The average Bonchev–Trinajstić information content (AvgIpc) is 2.26. The van der Waals surface area contributed by atoms with Crippen LogP contribution in [0.5, 0.6) is 0 Å². The van der Waals surface area contributed by atoms with E-state index in [1.54, 1.807) is 0 Å². The van der Waals surface area contributed by atoms with Crippen LogP contribution in [0.25, 0.3) is 11.1 Å². The molecule has 0 unspecified atom stereocenters. The van der Waals surface area contributed by atoms with Gasteiger partial charge in [-0.25, -0.2) is 0 Å². The van der Waals surface area contributed by atoms with Crippen LogP contribution in [-0.2, 0) is 0 Å². The van der Waals surface area contributed by atoms with Crippen molar-refractivity contribution < 1.29 is 0 Å². The summed E-state index contributed by atoms with van der Waals surface area (Å²) in [7, 11) is 0. The number of hydrogen-bond acceptors (Lipinski definition) is 2. The minimum absolute atomic E-state index is 0.785. The second-order valence-electron chi connectivity index (χ2n) is 4.15. The highest BCUT2D eigenvalue weighted by atomic mass is 14.6. The standard InChI is InChI=1S/C14H16N2/c1-9-7-12(8-10(2)14(9)16)11-3-5-13(15)6-4-11/h3-8H,15-16H2,1-2H3. The molecular formula is C14H16N2. The summed E-state index contributed by atoms with van der Waals surface area (Å²) < 4.78 is 0. The summed E-state index contributed by atoms with van der Waals surface area (Å²) >= 11 is 0. The molecule has 0 aliphatic rings. The number of anilines is 2. The van der Waals surface area contributed by atoms with Gasteiger partial charge < -0.3 is 11.5 Å². The maximum absolute atomic E-state index is 5.93. The highest BCUT2D eigenvalue weighted by Gasteiger charge is 2.03. The van der Waals surface area contributed by atoms with Gasteiger partial charge in [-0.3, -0.25) is 0 Å². The van der Waals surface area contributed by atoms with Crippen molar-refractivity contribution in [3.63, 3.8) is 0 Å². The predicted molar refractivity (Wildman–Crippen MR) is 70.2 cm³/mol. The van der Waals surface area contributed by atoms with Crippen LogP contribution < -0.4 is 11.5 Å². The lowest BCUT2D eigenvalue weighted by Gasteiger charge is -2.09. The normalized spacial score (nSPS) is 10.4. The molecule has 0 radical (unpaired) electrons. The van der Waals surface area contributed by atoms with Gasteiger partial charge in [0.05, 0.1) is 0 Å². The molecule has 0 atom stereocenters. The largest absolute Gasteiger partial charge is 0.399 e. The monoisotopic (exact) mass is 212 g/mol. The summed E-state index contributed by atoms with van der Waals surface area (Å²) in [6, 6.07) is 12.1. The number of aryl methyl sites for hydroxylation is 2. The first-order valence-corrected chi connectivity index (χ1v) is 5.30. The maximum atomic E-state index is 5.93. The molecule has 2 aromatic rings. The van der Waals surface area contributed by atoms with Gasteiger partial charge in [0.25, 0.3) is 0 Å². The van der Waals surface area contributed by atoms with Crippen LogP contribution in [0.1, 0.15) is 11.1 Å². The van der Waals surface area contributed by atoms with Crippen LogP contribution in [0.4, 0.5) is 11.4 Å². The van der Waals surface area contributed by atoms with Crippen molar-refractivity contribution in [2.45, 2.75) is 13.8 Å². The second kappa shape index (κ2) is 3.89. The fourth-order valence-corrected chi connectivity index (χ4v) is 1.82. The molecule has 0 bridgehead atoms. The summed E-state index contributed by atoms with van der Waals surface area (Å²) in [6.45, 7) is 4.06. The Kier molecular flexibility index (Phi) is 2.57. The van der Waals surface area contributed by atoms with Crippen LogP contribution in [0.3, 0.4) is 0 Å². The van der Waals surface area contributed by atoms with Gasteiger partial charge >= 0.3 is 0 Å². The van der Waals surface area contributed by atoms with Gasteiger partial charge in [-0.05, 0) is 60.4 Å². The van der Waals surface area contributed by atoms with Gasteiger partial charge in [-0.1, -0.05) is 12.1 Å². The molecule has 0 saturated carbocycles. The molecule has 2 rings (SSSR count). The molecule has 0 aromatic heterocycles. The van der Waals surface area contributed by atoms with Gasteiger partial charge in [0.2, 0.25) is 0 Å². The Morgan fingerprint density at radius 3 is 1.75 bits per heavy atom. The van der Waals surface area contributed by atoms with E-state index in [1.807, 2.05) is 38.1 Å². The van der Waals surface area contributed by atoms with Crippen molar-refractivity contribution in [2.24, 2.45) is 0 Å². The number of benzene rings is 2. The number of nitrogen functional groups attached to an aromatic ring is 2. The molecule has 0 aliphatic heterocycles. The Morgan fingerprint density at radius 1 is 0.750 bits per heavy atom. The molecular weight excluding hydrogens is 196 g/mol. The molecule has 0 fully saturated rings. The van der Waals surface area contributed by atoms with E-state index in [-0.39, 0.29) is 0 Å². The first kappa shape index (κ1) is 10.6. The molecule has 82 valence electrons. The molecule has 16 heavy (non-hydrogen) atoms. The summed E-state index contributed by atoms with van der Waals surface area (Å²) in [5.41, 5.74) is 17.8. The molecule has 2 nitrogen and oxygen atoms in total. The fourth-order valence-electron chi connectivity index (χ4n) is 1.82. The zero-order valence-corrected chi connectivity index (χ0v) is 9.62. The van der Waals surface area contributed by atoms with E-state index in [9.17, 15) is 0 Å². The van der Waals surface area contributed by atoms with E-state index in [2.05, 4.69) is 12.1 Å². The topological polar surface area (TPSA) is 52.0 Å². The first-order chi connectivity index (χ1) is 7.58. The zero-order chi connectivity index (χ0) is 11.7. The van der Waals surface area contributed by atoms with E-state index < -0.39 is 0 Å². The molecule has 0 spiro atoms.